The number of carbonyl (C=O) groups excluding carboxylic acids is 3. The molecule has 4 rings (SSSR count). The number of aromatic nitrogens is 2. The lowest BCUT2D eigenvalue weighted by atomic mass is 9.68. The third kappa shape index (κ3) is 7.19. The standard InChI is InChI=1S/C27H32N6O6S2/c1-18(34)29-25-33(2)31-26(40-25)41(37,38)32-24(36)30-20-13-15-27(16-14-20,19-9-5-4-6-10-19)17-28-23(35)21-11-7-8-12-22(21)39-3/h4-12,20H,13-17H2,1-3H3,(H,28,35)(H2,30,32,36). The van der Waals surface area contributed by atoms with Crippen molar-refractivity contribution < 1.29 is 27.5 Å². The molecular formula is C27H32N6O6S2. The smallest absolute Gasteiger partial charge is 0.328 e. The van der Waals surface area contributed by atoms with Gasteiger partial charge in [0, 0.05) is 32.0 Å². The summed E-state index contributed by atoms with van der Waals surface area (Å²) in [6.45, 7) is 1.63. The van der Waals surface area contributed by atoms with Crippen LogP contribution in [0.1, 0.15) is 48.5 Å². The normalized spacial score (nSPS) is 19.3. The van der Waals surface area contributed by atoms with Crippen LogP contribution in [0.25, 0.3) is 0 Å². The van der Waals surface area contributed by atoms with Gasteiger partial charge in [-0.3, -0.25) is 9.59 Å². The number of nitrogens with zero attached hydrogens (tertiary/aromatic N) is 3. The molecule has 0 unspecified atom stereocenters. The Morgan fingerprint density at radius 2 is 1.76 bits per heavy atom. The molecule has 3 N–H and O–H groups in total. The predicted octanol–water partition coefficient (Wildman–Crippen LogP) is 2.24. The van der Waals surface area contributed by atoms with Gasteiger partial charge < -0.3 is 15.4 Å². The predicted molar refractivity (Wildman–Crippen MR) is 152 cm³/mol. The topological polar surface area (TPSA) is 161 Å². The van der Waals surface area contributed by atoms with Crippen molar-refractivity contribution in [1.29, 1.82) is 0 Å². The number of sulfonamides is 1. The van der Waals surface area contributed by atoms with Gasteiger partial charge in [0.05, 0.1) is 12.7 Å². The number of carbonyl (C=O) groups is 3. The van der Waals surface area contributed by atoms with E-state index in [4.69, 9.17) is 4.74 Å². The number of hydrogen-bond donors (Lipinski definition) is 3. The minimum absolute atomic E-state index is 0.0978. The number of amides is 4. The first-order chi connectivity index (χ1) is 19.5. The lowest BCUT2D eigenvalue weighted by molar-refractivity contribution is -0.116. The van der Waals surface area contributed by atoms with E-state index in [1.54, 1.807) is 24.3 Å². The number of rotatable bonds is 8. The number of ether oxygens (including phenoxy) is 1. The zero-order valence-electron chi connectivity index (χ0n) is 22.9. The van der Waals surface area contributed by atoms with E-state index in [2.05, 4.69) is 20.7 Å². The van der Waals surface area contributed by atoms with Crippen LogP contribution in [0.5, 0.6) is 5.75 Å². The number of nitrogens with one attached hydrogen (secondary N) is 3. The lowest BCUT2D eigenvalue weighted by Gasteiger charge is -2.41. The Morgan fingerprint density at radius 1 is 1.10 bits per heavy atom. The third-order valence-corrected chi connectivity index (χ3v) is 9.70. The zero-order valence-corrected chi connectivity index (χ0v) is 24.5. The summed E-state index contributed by atoms with van der Waals surface area (Å²) in [5, 5.41) is 9.70. The van der Waals surface area contributed by atoms with Gasteiger partial charge in [-0.05, 0) is 43.4 Å². The van der Waals surface area contributed by atoms with E-state index in [1.807, 2.05) is 35.1 Å². The highest BCUT2D eigenvalue weighted by molar-refractivity contribution is 7.92. The molecule has 1 aliphatic carbocycles. The highest BCUT2D eigenvalue weighted by Crippen LogP contribution is 2.39. The molecule has 0 atom stereocenters. The first-order valence-electron chi connectivity index (χ1n) is 12.9. The Bertz CT molecular complexity index is 1590. The van der Waals surface area contributed by atoms with Crippen LogP contribution in [-0.2, 0) is 27.3 Å². The van der Waals surface area contributed by atoms with Crippen molar-refractivity contribution in [3.8, 4) is 5.75 Å². The number of hydrogen-bond acceptors (Lipinski definition) is 8. The molecule has 4 amide bonds. The molecule has 1 heterocycles. The van der Waals surface area contributed by atoms with E-state index in [9.17, 15) is 22.8 Å². The fourth-order valence-electron chi connectivity index (χ4n) is 4.90. The Labute approximate surface area is 241 Å². The summed E-state index contributed by atoms with van der Waals surface area (Å²) in [6.07, 6.45) is 2.44. The van der Waals surface area contributed by atoms with Crippen LogP contribution in [-0.4, -0.2) is 55.7 Å². The summed E-state index contributed by atoms with van der Waals surface area (Å²) in [5.41, 5.74) is 1.16. The maximum Gasteiger partial charge on any atom is 0.328 e. The molecule has 0 aliphatic heterocycles. The number of methoxy groups -OCH3 is 1. The monoisotopic (exact) mass is 600 g/mol. The molecule has 0 radical (unpaired) electrons. The number of aryl methyl sites for hydroxylation is 1. The van der Waals surface area contributed by atoms with Crippen LogP contribution in [0, 0.1) is 0 Å². The fourth-order valence-corrected chi connectivity index (χ4v) is 6.97. The average Bonchev–Trinajstić information content (AvgIpc) is 3.33. The number of benzene rings is 2. The molecule has 1 saturated carbocycles. The maximum atomic E-state index is 13.0. The van der Waals surface area contributed by atoms with Crippen molar-refractivity contribution in [2.24, 2.45) is 12.0 Å². The largest absolute Gasteiger partial charge is 0.496 e. The Morgan fingerprint density at radius 3 is 2.41 bits per heavy atom. The summed E-state index contributed by atoms with van der Waals surface area (Å²) < 4.78 is 33.6. The minimum atomic E-state index is -4.27. The van der Waals surface area contributed by atoms with Gasteiger partial charge in [-0.2, -0.15) is 13.4 Å². The molecule has 2 aromatic carbocycles. The Hall–Kier alpha value is -4.04. The Balaban J connectivity index is 1.41. The van der Waals surface area contributed by atoms with Crippen molar-refractivity contribution in [3.63, 3.8) is 0 Å². The summed E-state index contributed by atoms with van der Waals surface area (Å²) in [7, 11) is -1.29. The molecule has 12 nitrogen and oxygen atoms in total. The van der Waals surface area contributed by atoms with E-state index < -0.39 is 22.0 Å². The zero-order chi connectivity index (χ0) is 29.6. The average molecular weight is 601 g/mol. The van der Waals surface area contributed by atoms with Crippen LogP contribution in [0.2, 0.25) is 0 Å². The summed E-state index contributed by atoms with van der Waals surface area (Å²) in [4.78, 5) is 40.8. The van der Waals surface area contributed by atoms with Crippen molar-refractivity contribution >= 4 is 39.2 Å². The number of para-hydroxylation sites is 1. The van der Waals surface area contributed by atoms with E-state index in [0.717, 1.165) is 10.2 Å². The van der Waals surface area contributed by atoms with Crippen LogP contribution < -0.4 is 24.9 Å². The van der Waals surface area contributed by atoms with Crippen molar-refractivity contribution in [1.82, 2.24) is 25.1 Å². The van der Waals surface area contributed by atoms with E-state index in [1.165, 1.54) is 21.1 Å². The number of urea groups is 1. The summed E-state index contributed by atoms with van der Waals surface area (Å²) in [5.74, 6) is -0.247. The quantitative estimate of drug-likeness (QED) is 0.357. The SMILES string of the molecule is COc1ccccc1C(=O)NCC1(c2ccccc2)CCC(NC(=O)NS(=O)(=O)c2nn(C)c(=NC(C)=O)s2)CC1. The van der Waals surface area contributed by atoms with Crippen molar-refractivity contribution in [2.75, 3.05) is 13.7 Å². The van der Waals surface area contributed by atoms with E-state index in [-0.39, 0.29) is 26.5 Å². The van der Waals surface area contributed by atoms with Crippen LogP contribution in [0.4, 0.5) is 4.79 Å². The molecule has 41 heavy (non-hydrogen) atoms. The van der Waals surface area contributed by atoms with Gasteiger partial charge in [-0.1, -0.05) is 53.8 Å². The van der Waals surface area contributed by atoms with Gasteiger partial charge in [0.15, 0.2) is 0 Å². The molecular weight excluding hydrogens is 568 g/mol. The van der Waals surface area contributed by atoms with Gasteiger partial charge in [-0.25, -0.2) is 14.2 Å². The molecule has 1 aromatic heterocycles. The lowest BCUT2D eigenvalue weighted by Crippen LogP contribution is -2.50. The van der Waals surface area contributed by atoms with Gasteiger partial charge in [-0.15, -0.1) is 5.10 Å². The molecule has 14 heteroatoms. The second-order valence-electron chi connectivity index (χ2n) is 9.79. The van der Waals surface area contributed by atoms with Crippen LogP contribution >= 0.6 is 11.3 Å². The summed E-state index contributed by atoms with van der Waals surface area (Å²) in [6, 6.07) is 15.8. The molecule has 3 aromatic rings. The molecule has 0 saturated heterocycles. The molecule has 1 fully saturated rings. The van der Waals surface area contributed by atoms with Crippen molar-refractivity contribution in [2.45, 2.75) is 48.4 Å². The van der Waals surface area contributed by atoms with Crippen molar-refractivity contribution in [3.05, 3.63) is 70.5 Å². The van der Waals surface area contributed by atoms with Gasteiger partial charge in [0.1, 0.15) is 5.75 Å². The van der Waals surface area contributed by atoms with E-state index >= 15 is 0 Å². The molecule has 218 valence electrons. The fraction of sp³-hybridized carbons (Fsp3) is 0.370. The first-order valence-corrected chi connectivity index (χ1v) is 15.2. The molecule has 0 spiro atoms. The first kappa shape index (κ1) is 29.9. The van der Waals surface area contributed by atoms with Crippen LogP contribution in [0.15, 0.2) is 63.9 Å². The van der Waals surface area contributed by atoms with Gasteiger partial charge >= 0.3 is 6.03 Å². The summed E-state index contributed by atoms with van der Waals surface area (Å²) >= 11 is 0.680. The van der Waals surface area contributed by atoms with Gasteiger partial charge in [0.2, 0.25) is 10.7 Å². The van der Waals surface area contributed by atoms with Gasteiger partial charge in [0.25, 0.3) is 20.3 Å². The van der Waals surface area contributed by atoms with E-state index in [0.29, 0.717) is 54.9 Å². The van der Waals surface area contributed by atoms with Crippen LogP contribution in [0.3, 0.4) is 0 Å². The molecule has 0 bridgehead atoms. The maximum absolute atomic E-state index is 13.0. The second kappa shape index (κ2) is 12.6. The minimum Gasteiger partial charge on any atom is -0.496 e. The highest BCUT2D eigenvalue weighted by atomic mass is 32.2. The second-order valence-corrected chi connectivity index (χ2v) is 12.6. The third-order valence-electron chi connectivity index (χ3n) is 7.00. The highest BCUT2D eigenvalue weighted by Gasteiger charge is 2.38. The Kier molecular flexibility index (Phi) is 9.23. The molecule has 1 aliphatic rings.